The van der Waals surface area contributed by atoms with E-state index in [0.29, 0.717) is 0 Å². The lowest BCUT2D eigenvalue weighted by atomic mass is 10.2. The van der Waals surface area contributed by atoms with E-state index in [1.807, 2.05) is 0 Å². The fourth-order valence-electron chi connectivity index (χ4n) is 1.59. The van der Waals surface area contributed by atoms with E-state index >= 15 is 0 Å². The molecule has 0 aliphatic carbocycles. The van der Waals surface area contributed by atoms with Gasteiger partial charge in [-0.3, -0.25) is 10.1 Å². The molecule has 0 aliphatic heterocycles. The first-order valence-corrected chi connectivity index (χ1v) is 6.73. The van der Waals surface area contributed by atoms with Gasteiger partial charge in [0, 0.05) is 4.90 Å². The maximum atomic E-state index is 13.7. The van der Waals surface area contributed by atoms with Crippen molar-refractivity contribution in [2.75, 3.05) is 0 Å². The van der Waals surface area contributed by atoms with E-state index < -0.39 is 16.7 Å². The predicted molar refractivity (Wildman–Crippen MR) is 75.6 cm³/mol. The van der Waals surface area contributed by atoms with Gasteiger partial charge in [0.1, 0.15) is 10.8 Å². The Morgan fingerprint density at radius 2 is 2.00 bits per heavy atom. The number of aromatic carboxylic acids is 1. The molecule has 0 bridgehead atoms. The molecule has 0 heterocycles. The van der Waals surface area contributed by atoms with E-state index in [0.717, 1.165) is 30.0 Å². The first-order valence-electron chi connectivity index (χ1n) is 5.53. The summed E-state index contributed by atoms with van der Waals surface area (Å²) < 4.78 is 13.7. The Kier molecular flexibility index (Phi) is 4.44. The van der Waals surface area contributed by atoms with Crippen molar-refractivity contribution in [3.8, 4) is 0 Å². The molecular formula is C13H7ClFNO4S. The fraction of sp³-hybridized carbons (Fsp3) is 0. The number of hydrogen-bond acceptors (Lipinski definition) is 4. The van der Waals surface area contributed by atoms with Gasteiger partial charge in [0.05, 0.1) is 15.4 Å². The van der Waals surface area contributed by atoms with Crippen LogP contribution >= 0.6 is 23.4 Å². The molecule has 0 aliphatic rings. The van der Waals surface area contributed by atoms with E-state index in [-0.39, 0.29) is 26.1 Å². The summed E-state index contributed by atoms with van der Waals surface area (Å²) in [5, 5.41) is 19.8. The molecule has 0 amide bonds. The zero-order valence-corrected chi connectivity index (χ0v) is 11.8. The third-order valence-corrected chi connectivity index (χ3v) is 3.92. The third kappa shape index (κ3) is 3.32. The monoisotopic (exact) mass is 327 g/mol. The van der Waals surface area contributed by atoms with Crippen LogP contribution in [0.4, 0.5) is 10.1 Å². The quantitative estimate of drug-likeness (QED) is 0.671. The summed E-state index contributed by atoms with van der Waals surface area (Å²) in [6.45, 7) is 0. The summed E-state index contributed by atoms with van der Waals surface area (Å²) in [7, 11) is 0. The first kappa shape index (κ1) is 15.3. The number of halogens is 2. The van der Waals surface area contributed by atoms with Crippen LogP contribution < -0.4 is 0 Å². The SMILES string of the molecule is O=C(O)c1ccc(F)c(Sc2cccc(Cl)c2[N+](=O)[O-])c1. The van der Waals surface area contributed by atoms with Crippen LogP contribution in [-0.4, -0.2) is 16.0 Å². The highest BCUT2D eigenvalue weighted by molar-refractivity contribution is 7.99. The Hall–Kier alpha value is -2.12. The number of carbonyl (C=O) groups is 1. The highest BCUT2D eigenvalue weighted by atomic mass is 35.5. The lowest BCUT2D eigenvalue weighted by molar-refractivity contribution is -0.387. The number of carboxylic acid groups (broad SMARTS) is 1. The number of hydrogen-bond donors (Lipinski definition) is 1. The molecule has 5 nitrogen and oxygen atoms in total. The molecule has 0 unspecified atom stereocenters. The Labute approximate surface area is 127 Å². The fourth-order valence-corrected chi connectivity index (χ4v) is 2.90. The molecule has 8 heteroatoms. The number of nitrogens with zero attached hydrogens (tertiary/aromatic N) is 1. The molecule has 0 aromatic heterocycles. The molecule has 2 rings (SSSR count). The zero-order valence-electron chi connectivity index (χ0n) is 10.2. The minimum Gasteiger partial charge on any atom is -0.478 e. The summed E-state index contributed by atoms with van der Waals surface area (Å²) in [5.41, 5.74) is -0.451. The van der Waals surface area contributed by atoms with Gasteiger partial charge in [0.25, 0.3) is 0 Å². The molecule has 0 atom stereocenters. The van der Waals surface area contributed by atoms with Crippen LogP contribution in [-0.2, 0) is 0 Å². The van der Waals surface area contributed by atoms with Crippen LogP contribution in [0.1, 0.15) is 10.4 Å². The number of carboxylic acids is 1. The second-order valence-corrected chi connectivity index (χ2v) is 5.39. The van der Waals surface area contributed by atoms with Crippen molar-refractivity contribution in [2.24, 2.45) is 0 Å². The van der Waals surface area contributed by atoms with Crippen LogP contribution in [0.25, 0.3) is 0 Å². The highest BCUT2D eigenvalue weighted by Gasteiger charge is 2.20. The average Bonchev–Trinajstić information content (AvgIpc) is 2.40. The van der Waals surface area contributed by atoms with Gasteiger partial charge < -0.3 is 5.11 Å². The van der Waals surface area contributed by atoms with Crippen LogP contribution in [0.3, 0.4) is 0 Å². The number of rotatable bonds is 4. The maximum Gasteiger partial charge on any atom is 0.335 e. The van der Waals surface area contributed by atoms with Gasteiger partial charge in [-0.15, -0.1) is 0 Å². The molecule has 0 spiro atoms. The second-order valence-electron chi connectivity index (χ2n) is 3.90. The van der Waals surface area contributed by atoms with Crippen LogP contribution in [0.2, 0.25) is 5.02 Å². The van der Waals surface area contributed by atoms with Gasteiger partial charge in [0.15, 0.2) is 0 Å². The van der Waals surface area contributed by atoms with Gasteiger partial charge in [-0.25, -0.2) is 9.18 Å². The molecule has 21 heavy (non-hydrogen) atoms. The summed E-state index contributed by atoms with van der Waals surface area (Å²) in [6, 6.07) is 7.51. The molecular weight excluding hydrogens is 321 g/mol. The van der Waals surface area contributed by atoms with Crippen molar-refractivity contribution in [3.05, 3.63) is 62.9 Å². The lowest BCUT2D eigenvalue weighted by Gasteiger charge is -2.06. The van der Waals surface area contributed by atoms with Crippen molar-refractivity contribution in [1.82, 2.24) is 0 Å². The Morgan fingerprint density at radius 1 is 1.29 bits per heavy atom. The highest BCUT2D eigenvalue weighted by Crippen LogP contribution is 2.39. The number of benzene rings is 2. The Morgan fingerprint density at radius 3 is 2.62 bits per heavy atom. The van der Waals surface area contributed by atoms with Crippen molar-refractivity contribution in [3.63, 3.8) is 0 Å². The number of para-hydroxylation sites is 1. The maximum absolute atomic E-state index is 13.7. The van der Waals surface area contributed by atoms with E-state index in [9.17, 15) is 19.3 Å². The smallest absolute Gasteiger partial charge is 0.335 e. The van der Waals surface area contributed by atoms with Crippen molar-refractivity contribution in [1.29, 1.82) is 0 Å². The van der Waals surface area contributed by atoms with Crippen LogP contribution in [0.15, 0.2) is 46.2 Å². The van der Waals surface area contributed by atoms with Gasteiger partial charge in [-0.2, -0.15) is 0 Å². The van der Waals surface area contributed by atoms with Crippen molar-refractivity contribution >= 4 is 35.0 Å². The van der Waals surface area contributed by atoms with Crippen molar-refractivity contribution in [2.45, 2.75) is 9.79 Å². The molecule has 2 aromatic rings. The first-order chi connectivity index (χ1) is 9.90. The van der Waals surface area contributed by atoms with Crippen LogP contribution in [0.5, 0.6) is 0 Å². The minimum atomic E-state index is -1.21. The summed E-state index contributed by atoms with van der Waals surface area (Å²) in [4.78, 5) is 21.3. The standard InChI is InChI=1S/C13H7ClFNO4S/c14-8-2-1-3-10(12(8)16(19)20)21-11-6-7(13(17)18)4-5-9(11)15/h1-6H,(H,17,18). The molecule has 0 saturated heterocycles. The Bertz CT molecular complexity index is 738. The zero-order chi connectivity index (χ0) is 15.6. The van der Waals surface area contributed by atoms with E-state index in [2.05, 4.69) is 0 Å². The summed E-state index contributed by atoms with van der Waals surface area (Å²) in [5.74, 6) is -1.88. The summed E-state index contributed by atoms with van der Waals surface area (Å²) in [6.07, 6.45) is 0. The Balaban J connectivity index is 2.48. The van der Waals surface area contributed by atoms with Crippen LogP contribution in [0, 0.1) is 15.9 Å². The van der Waals surface area contributed by atoms with E-state index in [1.165, 1.54) is 18.2 Å². The normalized spacial score (nSPS) is 10.4. The molecule has 2 aromatic carbocycles. The van der Waals surface area contributed by atoms with Gasteiger partial charge >= 0.3 is 11.7 Å². The third-order valence-electron chi connectivity index (χ3n) is 2.53. The second kappa shape index (κ2) is 6.11. The molecule has 0 radical (unpaired) electrons. The lowest BCUT2D eigenvalue weighted by Crippen LogP contribution is -1.97. The topological polar surface area (TPSA) is 80.4 Å². The molecule has 0 fully saturated rings. The summed E-state index contributed by atoms with van der Waals surface area (Å²) >= 11 is 6.52. The minimum absolute atomic E-state index is 0.0275. The average molecular weight is 328 g/mol. The molecule has 108 valence electrons. The predicted octanol–water partition coefficient (Wildman–Crippen LogP) is 4.24. The van der Waals surface area contributed by atoms with Gasteiger partial charge in [-0.05, 0) is 30.3 Å². The van der Waals surface area contributed by atoms with E-state index in [4.69, 9.17) is 16.7 Å². The van der Waals surface area contributed by atoms with Gasteiger partial charge in [0.2, 0.25) is 0 Å². The largest absolute Gasteiger partial charge is 0.478 e. The number of nitro groups is 1. The number of nitro benzene ring substituents is 1. The molecule has 0 saturated carbocycles. The van der Waals surface area contributed by atoms with Gasteiger partial charge in [-0.1, -0.05) is 29.4 Å². The van der Waals surface area contributed by atoms with Crippen molar-refractivity contribution < 1.29 is 19.2 Å². The van der Waals surface area contributed by atoms with E-state index in [1.54, 1.807) is 0 Å². The molecule has 1 N–H and O–H groups in total.